The fourth-order valence-electron chi connectivity index (χ4n) is 1.40. The highest BCUT2D eigenvalue weighted by atomic mass is 35.5. The van der Waals surface area contributed by atoms with Crippen LogP contribution in [0.15, 0.2) is 29.9 Å². The van der Waals surface area contributed by atoms with Crippen molar-refractivity contribution in [1.82, 2.24) is 10.3 Å². The van der Waals surface area contributed by atoms with Gasteiger partial charge in [0.15, 0.2) is 0 Å². The van der Waals surface area contributed by atoms with Crippen LogP contribution in [0.3, 0.4) is 0 Å². The summed E-state index contributed by atoms with van der Waals surface area (Å²) >= 11 is 7.17. The number of nitrogens with zero attached hydrogens (tertiary/aromatic N) is 2. The Balaban J connectivity index is 2.07. The SMILES string of the molecule is O=C(NCc1cncs1)c1ccc([N+](=O)[O-])c(Cl)c1. The molecule has 0 saturated carbocycles. The fourth-order valence-corrected chi connectivity index (χ4v) is 2.18. The number of aromatic nitrogens is 1. The lowest BCUT2D eigenvalue weighted by Crippen LogP contribution is -2.22. The van der Waals surface area contributed by atoms with E-state index in [1.54, 1.807) is 11.7 Å². The summed E-state index contributed by atoms with van der Waals surface area (Å²) in [4.78, 5) is 26.6. The molecule has 0 aliphatic heterocycles. The van der Waals surface area contributed by atoms with Crippen molar-refractivity contribution in [2.24, 2.45) is 0 Å². The Morgan fingerprint density at radius 3 is 2.89 bits per heavy atom. The number of halogens is 1. The molecule has 1 heterocycles. The van der Waals surface area contributed by atoms with Gasteiger partial charge in [0.25, 0.3) is 11.6 Å². The van der Waals surface area contributed by atoms with Crippen molar-refractivity contribution in [3.8, 4) is 0 Å². The second-order valence-electron chi connectivity index (χ2n) is 3.57. The van der Waals surface area contributed by atoms with E-state index in [2.05, 4.69) is 10.3 Å². The van der Waals surface area contributed by atoms with Crippen molar-refractivity contribution in [3.05, 3.63) is 55.5 Å². The van der Waals surface area contributed by atoms with Crippen molar-refractivity contribution >= 4 is 34.5 Å². The molecule has 98 valence electrons. The van der Waals surface area contributed by atoms with Gasteiger partial charge in [-0.25, -0.2) is 0 Å². The molecule has 19 heavy (non-hydrogen) atoms. The van der Waals surface area contributed by atoms with Crippen LogP contribution in [0.25, 0.3) is 0 Å². The van der Waals surface area contributed by atoms with Crippen LogP contribution in [0.4, 0.5) is 5.69 Å². The number of nitro benzene ring substituents is 1. The smallest absolute Gasteiger partial charge is 0.287 e. The van der Waals surface area contributed by atoms with Crippen molar-refractivity contribution in [3.63, 3.8) is 0 Å². The largest absolute Gasteiger partial charge is 0.347 e. The molecule has 0 bridgehead atoms. The molecule has 2 aromatic rings. The molecule has 1 amide bonds. The van der Waals surface area contributed by atoms with Crippen LogP contribution in [0.1, 0.15) is 15.2 Å². The quantitative estimate of drug-likeness (QED) is 0.694. The minimum Gasteiger partial charge on any atom is -0.347 e. The van der Waals surface area contributed by atoms with Gasteiger partial charge in [-0.3, -0.25) is 19.9 Å². The highest BCUT2D eigenvalue weighted by Gasteiger charge is 2.15. The minimum atomic E-state index is -0.596. The number of nitro groups is 1. The van der Waals surface area contributed by atoms with Crippen molar-refractivity contribution in [2.75, 3.05) is 0 Å². The van der Waals surface area contributed by atoms with Gasteiger partial charge in [0.2, 0.25) is 0 Å². The molecular weight excluding hydrogens is 290 g/mol. The number of carbonyl (C=O) groups is 1. The lowest BCUT2D eigenvalue weighted by atomic mass is 10.2. The van der Waals surface area contributed by atoms with Gasteiger partial charge >= 0.3 is 0 Å². The average molecular weight is 298 g/mol. The van der Waals surface area contributed by atoms with Crippen LogP contribution in [-0.4, -0.2) is 15.8 Å². The summed E-state index contributed by atoms with van der Waals surface area (Å²) in [5.74, 6) is -0.342. The van der Waals surface area contributed by atoms with Crippen molar-refractivity contribution < 1.29 is 9.72 Å². The maximum atomic E-state index is 11.8. The standard InChI is InChI=1S/C11H8ClN3O3S/c12-9-3-7(1-2-10(9)15(17)18)11(16)14-5-8-4-13-6-19-8/h1-4,6H,5H2,(H,14,16). The van der Waals surface area contributed by atoms with Gasteiger partial charge in [-0.1, -0.05) is 11.6 Å². The zero-order chi connectivity index (χ0) is 13.8. The lowest BCUT2D eigenvalue weighted by molar-refractivity contribution is -0.384. The number of amides is 1. The highest BCUT2D eigenvalue weighted by molar-refractivity contribution is 7.09. The molecule has 0 fully saturated rings. The van der Waals surface area contributed by atoms with E-state index in [1.807, 2.05) is 0 Å². The highest BCUT2D eigenvalue weighted by Crippen LogP contribution is 2.24. The Morgan fingerprint density at radius 1 is 1.53 bits per heavy atom. The molecule has 8 heteroatoms. The zero-order valence-corrected chi connectivity index (χ0v) is 11.1. The van der Waals surface area contributed by atoms with Crippen molar-refractivity contribution in [1.29, 1.82) is 0 Å². The maximum absolute atomic E-state index is 11.8. The molecular formula is C11H8ClN3O3S. The van der Waals surface area contributed by atoms with E-state index in [0.29, 0.717) is 6.54 Å². The van der Waals surface area contributed by atoms with Gasteiger partial charge in [0.05, 0.1) is 17.0 Å². The number of benzene rings is 1. The number of rotatable bonds is 4. The molecule has 1 aromatic heterocycles. The third-order valence-corrected chi connectivity index (χ3v) is 3.40. The topological polar surface area (TPSA) is 85.1 Å². The third kappa shape index (κ3) is 3.27. The average Bonchev–Trinajstić information content (AvgIpc) is 2.88. The van der Waals surface area contributed by atoms with E-state index >= 15 is 0 Å². The van der Waals surface area contributed by atoms with Crippen LogP contribution in [0, 0.1) is 10.1 Å². The van der Waals surface area contributed by atoms with Crippen LogP contribution in [-0.2, 0) is 6.54 Å². The summed E-state index contributed by atoms with van der Waals surface area (Å²) in [7, 11) is 0. The summed E-state index contributed by atoms with van der Waals surface area (Å²) in [6, 6.07) is 3.86. The Hall–Kier alpha value is -1.99. The first-order chi connectivity index (χ1) is 9.08. The molecule has 0 radical (unpaired) electrons. The molecule has 0 unspecified atom stereocenters. The zero-order valence-electron chi connectivity index (χ0n) is 9.50. The number of carbonyl (C=O) groups excluding carboxylic acids is 1. The van der Waals surface area contributed by atoms with E-state index in [-0.39, 0.29) is 22.2 Å². The second-order valence-corrected chi connectivity index (χ2v) is 4.95. The fraction of sp³-hybridized carbons (Fsp3) is 0.0909. The predicted molar refractivity (Wildman–Crippen MR) is 71.4 cm³/mol. The van der Waals surface area contributed by atoms with Gasteiger partial charge in [-0.2, -0.15) is 0 Å². The monoisotopic (exact) mass is 297 g/mol. The first-order valence-electron chi connectivity index (χ1n) is 5.17. The minimum absolute atomic E-state index is 0.0598. The molecule has 2 rings (SSSR count). The Morgan fingerprint density at radius 2 is 2.32 bits per heavy atom. The summed E-state index contributed by atoms with van der Waals surface area (Å²) in [5.41, 5.74) is 1.73. The first-order valence-corrected chi connectivity index (χ1v) is 6.43. The number of thiazole rings is 1. The third-order valence-electron chi connectivity index (χ3n) is 2.31. The second kappa shape index (κ2) is 5.77. The van der Waals surface area contributed by atoms with Gasteiger partial charge in [-0.05, 0) is 12.1 Å². The molecule has 1 aromatic carbocycles. The Bertz CT molecular complexity index is 616. The van der Waals surface area contributed by atoms with Crippen LogP contribution in [0.5, 0.6) is 0 Å². The molecule has 0 aliphatic carbocycles. The van der Waals surface area contributed by atoms with Gasteiger partial charge in [0, 0.05) is 22.7 Å². The van der Waals surface area contributed by atoms with Gasteiger partial charge in [0.1, 0.15) is 5.02 Å². The van der Waals surface area contributed by atoms with E-state index in [1.165, 1.54) is 29.5 Å². The van der Waals surface area contributed by atoms with E-state index in [9.17, 15) is 14.9 Å². The van der Waals surface area contributed by atoms with Gasteiger partial charge < -0.3 is 5.32 Å². The summed E-state index contributed by atoms with van der Waals surface area (Å²) < 4.78 is 0. The van der Waals surface area contributed by atoms with Crippen molar-refractivity contribution in [2.45, 2.75) is 6.54 Å². The van der Waals surface area contributed by atoms with Crippen LogP contribution < -0.4 is 5.32 Å². The Kier molecular flexibility index (Phi) is 4.08. The van der Waals surface area contributed by atoms with Crippen LogP contribution >= 0.6 is 22.9 Å². The Labute approximate surface area is 117 Å². The summed E-state index contributed by atoms with van der Waals surface area (Å²) in [6.07, 6.45) is 1.66. The number of hydrogen-bond acceptors (Lipinski definition) is 5. The van der Waals surface area contributed by atoms with E-state index in [0.717, 1.165) is 4.88 Å². The number of nitrogens with one attached hydrogen (secondary N) is 1. The van der Waals surface area contributed by atoms with Crippen LogP contribution in [0.2, 0.25) is 5.02 Å². The number of hydrogen-bond donors (Lipinski definition) is 1. The molecule has 0 atom stereocenters. The maximum Gasteiger partial charge on any atom is 0.287 e. The molecule has 0 spiro atoms. The van der Waals surface area contributed by atoms with E-state index < -0.39 is 4.92 Å². The lowest BCUT2D eigenvalue weighted by Gasteiger charge is -2.04. The molecule has 0 aliphatic rings. The molecule has 1 N–H and O–H groups in total. The normalized spacial score (nSPS) is 10.2. The first kappa shape index (κ1) is 13.4. The van der Waals surface area contributed by atoms with E-state index in [4.69, 9.17) is 11.6 Å². The summed E-state index contributed by atoms with van der Waals surface area (Å²) in [6.45, 7) is 0.359. The predicted octanol–water partition coefficient (Wildman–Crippen LogP) is 2.63. The summed E-state index contributed by atoms with van der Waals surface area (Å²) in [5, 5.41) is 13.2. The van der Waals surface area contributed by atoms with Gasteiger partial charge in [-0.15, -0.1) is 11.3 Å². The molecule has 6 nitrogen and oxygen atoms in total. The molecule has 0 saturated heterocycles.